The maximum atomic E-state index is 13.3. The molecule has 3 aromatic rings. The Labute approximate surface area is 202 Å². The third-order valence-electron chi connectivity index (χ3n) is 4.80. The Kier molecular flexibility index (Phi) is 8.21. The first kappa shape index (κ1) is 25.4. The summed E-state index contributed by atoms with van der Waals surface area (Å²) in [5, 5.41) is 5.17. The van der Waals surface area contributed by atoms with Gasteiger partial charge in [0.1, 0.15) is 17.6 Å². The standard InChI is InChI=1S/C25H24FN3O5S/c1-17(27-24(30)15-8-18-6-11-22(34-2)12-7-18)25(31)28-20-9-13-23(14-10-20)35(32,33)29-21-5-3-4-19(26)16-21/h3-17,29H,1-2H3,(H,27,30)(H,28,31). The smallest absolute Gasteiger partial charge is 0.261 e. The van der Waals surface area contributed by atoms with Crippen molar-refractivity contribution in [3.8, 4) is 5.75 Å². The van der Waals surface area contributed by atoms with Crippen LogP contribution in [0.25, 0.3) is 6.08 Å². The van der Waals surface area contributed by atoms with Crippen LogP contribution in [0.3, 0.4) is 0 Å². The van der Waals surface area contributed by atoms with Crippen LogP contribution in [0.4, 0.5) is 15.8 Å². The van der Waals surface area contributed by atoms with E-state index in [9.17, 15) is 22.4 Å². The van der Waals surface area contributed by atoms with Crippen molar-refractivity contribution in [2.45, 2.75) is 17.9 Å². The Bertz CT molecular complexity index is 1320. The number of ether oxygens (including phenoxy) is 1. The maximum absolute atomic E-state index is 13.3. The number of hydrogen-bond acceptors (Lipinski definition) is 5. The van der Waals surface area contributed by atoms with Gasteiger partial charge in [-0.2, -0.15) is 0 Å². The van der Waals surface area contributed by atoms with Gasteiger partial charge in [-0.25, -0.2) is 12.8 Å². The monoisotopic (exact) mass is 497 g/mol. The number of halogens is 1. The second-order valence-electron chi connectivity index (χ2n) is 7.47. The number of rotatable bonds is 9. The lowest BCUT2D eigenvalue weighted by molar-refractivity contribution is -0.123. The number of carbonyl (C=O) groups is 2. The molecule has 1 atom stereocenters. The Morgan fingerprint density at radius 1 is 0.971 bits per heavy atom. The van der Waals surface area contributed by atoms with Gasteiger partial charge >= 0.3 is 0 Å². The molecule has 3 aromatic carbocycles. The van der Waals surface area contributed by atoms with Crippen LogP contribution in [0.1, 0.15) is 12.5 Å². The zero-order valence-electron chi connectivity index (χ0n) is 19.0. The molecule has 0 aromatic heterocycles. The van der Waals surface area contributed by atoms with E-state index in [0.29, 0.717) is 11.4 Å². The molecule has 2 amide bonds. The minimum absolute atomic E-state index is 0.0650. The predicted octanol–water partition coefficient (Wildman–Crippen LogP) is 3.79. The lowest BCUT2D eigenvalue weighted by Gasteiger charge is -2.13. The second kappa shape index (κ2) is 11.3. The van der Waals surface area contributed by atoms with Gasteiger partial charge in [-0.3, -0.25) is 14.3 Å². The van der Waals surface area contributed by atoms with Crippen molar-refractivity contribution in [3.05, 3.63) is 90.3 Å². The van der Waals surface area contributed by atoms with E-state index in [2.05, 4.69) is 15.4 Å². The first-order valence-corrected chi connectivity index (χ1v) is 12.0. The van der Waals surface area contributed by atoms with Crippen LogP contribution in [0.15, 0.2) is 83.8 Å². The topological polar surface area (TPSA) is 114 Å². The fourth-order valence-electron chi connectivity index (χ4n) is 2.95. The Morgan fingerprint density at radius 2 is 1.66 bits per heavy atom. The fraction of sp³-hybridized carbons (Fsp3) is 0.120. The van der Waals surface area contributed by atoms with E-state index in [1.807, 2.05) is 0 Å². The molecule has 8 nitrogen and oxygen atoms in total. The number of carbonyl (C=O) groups excluding carboxylic acids is 2. The van der Waals surface area contributed by atoms with Gasteiger partial charge in [0, 0.05) is 11.8 Å². The number of methoxy groups -OCH3 is 1. The first-order valence-electron chi connectivity index (χ1n) is 10.5. The molecule has 0 fully saturated rings. The van der Waals surface area contributed by atoms with Crippen molar-refractivity contribution in [2.24, 2.45) is 0 Å². The number of amides is 2. The number of sulfonamides is 1. The molecule has 10 heteroatoms. The molecule has 3 N–H and O–H groups in total. The summed E-state index contributed by atoms with van der Waals surface area (Å²) in [5.74, 6) is -0.802. The van der Waals surface area contributed by atoms with Crippen LogP contribution in [-0.2, 0) is 19.6 Å². The van der Waals surface area contributed by atoms with Gasteiger partial charge in [-0.05, 0) is 73.2 Å². The van der Waals surface area contributed by atoms with Gasteiger partial charge in [-0.15, -0.1) is 0 Å². The van der Waals surface area contributed by atoms with Crippen molar-refractivity contribution in [2.75, 3.05) is 17.1 Å². The number of benzene rings is 3. The summed E-state index contributed by atoms with van der Waals surface area (Å²) in [6.45, 7) is 1.52. The van der Waals surface area contributed by atoms with Crippen LogP contribution in [0.2, 0.25) is 0 Å². The summed E-state index contributed by atoms with van der Waals surface area (Å²) < 4.78 is 45.7. The van der Waals surface area contributed by atoms with Gasteiger partial charge < -0.3 is 15.4 Å². The molecule has 0 aliphatic rings. The summed E-state index contributed by atoms with van der Waals surface area (Å²) in [6, 6.07) is 16.8. The highest BCUT2D eigenvalue weighted by Gasteiger charge is 2.17. The van der Waals surface area contributed by atoms with Crippen molar-refractivity contribution >= 4 is 39.3 Å². The molecule has 1 unspecified atom stereocenters. The molecule has 0 bridgehead atoms. The van der Waals surface area contributed by atoms with Gasteiger partial charge in [0.25, 0.3) is 10.0 Å². The summed E-state index contributed by atoms with van der Waals surface area (Å²) >= 11 is 0. The van der Waals surface area contributed by atoms with E-state index in [-0.39, 0.29) is 10.6 Å². The SMILES string of the molecule is COc1ccc(C=CC(=O)NC(C)C(=O)Nc2ccc(S(=O)(=O)Nc3cccc(F)c3)cc2)cc1. The quantitative estimate of drug-likeness (QED) is 0.389. The molecule has 0 aliphatic carbocycles. The van der Waals surface area contributed by atoms with E-state index < -0.39 is 33.7 Å². The van der Waals surface area contributed by atoms with Gasteiger partial charge in [0.05, 0.1) is 17.7 Å². The Hall–Kier alpha value is -4.18. The summed E-state index contributed by atoms with van der Waals surface area (Å²) in [5.41, 5.74) is 1.22. The van der Waals surface area contributed by atoms with E-state index in [0.717, 1.165) is 11.6 Å². The van der Waals surface area contributed by atoms with Crippen LogP contribution < -0.4 is 20.1 Å². The summed E-state index contributed by atoms with van der Waals surface area (Å²) in [7, 11) is -2.38. The number of anilines is 2. The van der Waals surface area contributed by atoms with Crippen LogP contribution in [0.5, 0.6) is 5.75 Å². The van der Waals surface area contributed by atoms with Crippen molar-refractivity contribution in [3.63, 3.8) is 0 Å². The van der Waals surface area contributed by atoms with Crippen LogP contribution in [-0.4, -0.2) is 33.4 Å². The first-order chi connectivity index (χ1) is 16.7. The minimum atomic E-state index is -3.94. The molecular formula is C25H24FN3O5S. The van der Waals surface area contributed by atoms with Crippen molar-refractivity contribution in [1.29, 1.82) is 0 Å². The summed E-state index contributed by atoms with van der Waals surface area (Å²) in [6.07, 6.45) is 2.92. The normalized spacial score (nSPS) is 12.1. The third-order valence-corrected chi connectivity index (χ3v) is 6.20. The lowest BCUT2D eigenvalue weighted by atomic mass is 10.2. The lowest BCUT2D eigenvalue weighted by Crippen LogP contribution is -2.40. The number of hydrogen-bond donors (Lipinski definition) is 3. The largest absolute Gasteiger partial charge is 0.497 e. The Balaban J connectivity index is 1.55. The van der Waals surface area contributed by atoms with Crippen molar-refractivity contribution < 1.29 is 27.1 Å². The van der Waals surface area contributed by atoms with E-state index >= 15 is 0 Å². The zero-order valence-corrected chi connectivity index (χ0v) is 19.8. The molecule has 0 saturated carbocycles. The van der Waals surface area contributed by atoms with Gasteiger partial charge in [0.15, 0.2) is 0 Å². The highest BCUT2D eigenvalue weighted by atomic mass is 32.2. The zero-order chi connectivity index (χ0) is 25.4. The van der Waals surface area contributed by atoms with Crippen molar-refractivity contribution in [1.82, 2.24) is 5.32 Å². The van der Waals surface area contributed by atoms with Crippen LogP contribution in [0, 0.1) is 5.82 Å². The molecule has 182 valence electrons. The molecule has 0 radical (unpaired) electrons. The van der Waals surface area contributed by atoms with Gasteiger partial charge in [-0.1, -0.05) is 18.2 Å². The predicted molar refractivity (Wildman–Crippen MR) is 132 cm³/mol. The minimum Gasteiger partial charge on any atom is -0.497 e. The molecule has 35 heavy (non-hydrogen) atoms. The molecular weight excluding hydrogens is 473 g/mol. The number of nitrogens with one attached hydrogen (secondary N) is 3. The summed E-state index contributed by atoms with van der Waals surface area (Å²) in [4.78, 5) is 24.5. The average molecular weight is 498 g/mol. The maximum Gasteiger partial charge on any atom is 0.261 e. The molecule has 0 saturated heterocycles. The average Bonchev–Trinajstić information content (AvgIpc) is 2.83. The fourth-order valence-corrected chi connectivity index (χ4v) is 4.00. The van der Waals surface area contributed by atoms with E-state index in [1.165, 1.54) is 55.5 Å². The second-order valence-corrected chi connectivity index (χ2v) is 9.15. The van der Waals surface area contributed by atoms with E-state index in [1.54, 1.807) is 37.5 Å². The molecule has 0 aliphatic heterocycles. The third kappa shape index (κ3) is 7.41. The molecule has 3 rings (SSSR count). The van der Waals surface area contributed by atoms with Gasteiger partial charge in [0.2, 0.25) is 11.8 Å². The van der Waals surface area contributed by atoms with E-state index in [4.69, 9.17) is 4.74 Å². The van der Waals surface area contributed by atoms with Crippen LogP contribution >= 0.6 is 0 Å². The Morgan fingerprint density at radius 3 is 2.29 bits per heavy atom. The highest BCUT2D eigenvalue weighted by molar-refractivity contribution is 7.92. The highest BCUT2D eigenvalue weighted by Crippen LogP contribution is 2.19. The molecule has 0 spiro atoms. The molecule has 0 heterocycles.